The first-order valence-corrected chi connectivity index (χ1v) is 7.35. The van der Waals surface area contributed by atoms with E-state index in [1.807, 2.05) is 25.1 Å². The summed E-state index contributed by atoms with van der Waals surface area (Å²) in [5, 5.41) is 15.2. The zero-order valence-corrected chi connectivity index (χ0v) is 12.5. The number of nitrogens with one attached hydrogen (secondary N) is 2. The molecule has 4 nitrogen and oxygen atoms in total. The number of benzene rings is 1. The summed E-state index contributed by atoms with van der Waals surface area (Å²) in [6.07, 6.45) is 3.02. The summed E-state index contributed by atoms with van der Waals surface area (Å²) >= 11 is 3.40. The molecule has 0 spiro atoms. The SMILES string of the molecule is Cc1cc(Br)ccc1NC(=O)NC1CCC(O)CC1. The number of aliphatic hydroxyl groups excluding tert-OH is 1. The number of hydrogen-bond donors (Lipinski definition) is 3. The van der Waals surface area contributed by atoms with Gasteiger partial charge in [0.25, 0.3) is 0 Å². The van der Waals surface area contributed by atoms with E-state index in [1.165, 1.54) is 0 Å². The Morgan fingerprint density at radius 1 is 1.32 bits per heavy atom. The summed E-state index contributed by atoms with van der Waals surface area (Å²) in [4.78, 5) is 11.9. The lowest BCUT2D eigenvalue weighted by Gasteiger charge is -2.26. The van der Waals surface area contributed by atoms with Crippen LogP contribution in [0, 0.1) is 6.92 Å². The lowest BCUT2D eigenvalue weighted by atomic mass is 9.93. The van der Waals surface area contributed by atoms with Crippen molar-refractivity contribution in [3.05, 3.63) is 28.2 Å². The van der Waals surface area contributed by atoms with Gasteiger partial charge in [0.15, 0.2) is 0 Å². The molecule has 2 amide bonds. The maximum absolute atomic E-state index is 11.9. The second kappa shape index (κ2) is 6.39. The van der Waals surface area contributed by atoms with Crippen LogP contribution in [-0.4, -0.2) is 23.3 Å². The van der Waals surface area contributed by atoms with Crippen molar-refractivity contribution in [3.63, 3.8) is 0 Å². The number of hydrogen-bond acceptors (Lipinski definition) is 2. The van der Waals surface area contributed by atoms with Crippen molar-refractivity contribution in [1.29, 1.82) is 0 Å². The molecule has 2 rings (SSSR count). The molecule has 0 saturated heterocycles. The smallest absolute Gasteiger partial charge is 0.319 e. The Morgan fingerprint density at radius 3 is 2.63 bits per heavy atom. The van der Waals surface area contributed by atoms with Gasteiger partial charge in [-0.2, -0.15) is 0 Å². The molecule has 0 unspecified atom stereocenters. The van der Waals surface area contributed by atoms with Crippen LogP contribution in [0.15, 0.2) is 22.7 Å². The molecule has 0 atom stereocenters. The first-order valence-electron chi connectivity index (χ1n) is 6.56. The van der Waals surface area contributed by atoms with Crippen molar-refractivity contribution >= 4 is 27.6 Å². The number of carbonyl (C=O) groups excluding carboxylic acids is 1. The van der Waals surface area contributed by atoms with Gasteiger partial charge in [-0.15, -0.1) is 0 Å². The van der Waals surface area contributed by atoms with Crippen molar-refractivity contribution < 1.29 is 9.90 Å². The minimum atomic E-state index is -0.199. The van der Waals surface area contributed by atoms with Gasteiger partial charge in [-0.05, 0) is 56.4 Å². The molecule has 1 saturated carbocycles. The fraction of sp³-hybridized carbons (Fsp3) is 0.500. The number of aryl methyl sites for hydroxylation is 1. The highest BCUT2D eigenvalue weighted by Gasteiger charge is 2.20. The fourth-order valence-electron chi connectivity index (χ4n) is 2.33. The Kier molecular flexibility index (Phi) is 4.82. The number of halogens is 1. The lowest BCUT2D eigenvalue weighted by molar-refractivity contribution is 0.118. The van der Waals surface area contributed by atoms with Crippen LogP contribution < -0.4 is 10.6 Å². The molecule has 0 aromatic heterocycles. The van der Waals surface area contributed by atoms with Gasteiger partial charge >= 0.3 is 6.03 Å². The number of urea groups is 1. The van der Waals surface area contributed by atoms with E-state index in [0.29, 0.717) is 0 Å². The van der Waals surface area contributed by atoms with Crippen molar-refractivity contribution in [3.8, 4) is 0 Å². The zero-order valence-electron chi connectivity index (χ0n) is 10.9. The molecule has 5 heteroatoms. The minimum absolute atomic E-state index is 0.166. The molecule has 104 valence electrons. The van der Waals surface area contributed by atoms with Gasteiger partial charge in [0.05, 0.1) is 6.10 Å². The molecule has 3 N–H and O–H groups in total. The summed E-state index contributed by atoms with van der Waals surface area (Å²) in [7, 11) is 0. The molecule has 0 heterocycles. The van der Waals surface area contributed by atoms with E-state index in [0.717, 1.165) is 41.4 Å². The largest absolute Gasteiger partial charge is 0.393 e. The van der Waals surface area contributed by atoms with E-state index in [1.54, 1.807) is 0 Å². The lowest BCUT2D eigenvalue weighted by Crippen LogP contribution is -2.41. The van der Waals surface area contributed by atoms with E-state index in [9.17, 15) is 9.90 Å². The molecule has 1 aliphatic rings. The van der Waals surface area contributed by atoms with Crippen molar-refractivity contribution in [2.45, 2.75) is 44.8 Å². The standard InChI is InChI=1S/C14H19BrN2O2/c1-9-8-10(15)2-7-13(9)17-14(19)16-11-3-5-12(18)6-4-11/h2,7-8,11-12,18H,3-6H2,1H3,(H2,16,17,19). The molecular weight excluding hydrogens is 308 g/mol. The van der Waals surface area contributed by atoms with Crippen LogP contribution >= 0.6 is 15.9 Å². The zero-order chi connectivity index (χ0) is 13.8. The van der Waals surface area contributed by atoms with E-state index < -0.39 is 0 Å². The Labute approximate surface area is 121 Å². The summed E-state index contributed by atoms with van der Waals surface area (Å²) < 4.78 is 0.997. The minimum Gasteiger partial charge on any atom is -0.393 e. The van der Waals surface area contributed by atoms with E-state index in [4.69, 9.17) is 0 Å². The molecule has 1 aromatic rings. The van der Waals surface area contributed by atoms with Gasteiger partial charge in [-0.1, -0.05) is 15.9 Å². The van der Waals surface area contributed by atoms with Crippen molar-refractivity contribution in [2.24, 2.45) is 0 Å². The van der Waals surface area contributed by atoms with Crippen LogP contribution in [0.25, 0.3) is 0 Å². The van der Waals surface area contributed by atoms with Gasteiger partial charge < -0.3 is 15.7 Å². The number of amides is 2. The molecule has 19 heavy (non-hydrogen) atoms. The van der Waals surface area contributed by atoms with Crippen LogP contribution in [0.3, 0.4) is 0 Å². The third kappa shape index (κ3) is 4.21. The third-order valence-corrected chi connectivity index (χ3v) is 3.96. The van der Waals surface area contributed by atoms with Crippen molar-refractivity contribution in [1.82, 2.24) is 5.32 Å². The monoisotopic (exact) mass is 326 g/mol. The van der Waals surface area contributed by atoms with Crippen molar-refractivity contribution in [2.75, 3.05) is 5.32 Å². The fourth-order valence-corrected chi connectivity index (χ4v) is 2.81. The number of rotatable bonds is 2. The molecule has 0 aliphatic heterocycles. The summed E-state index contributed by atoms with van der Waals surface area (Å²) in [5.74, 6) is 0. The van der Waals surface area contributed by atoms with Gasteiger partial charge in [0.1, 0.15) is 0 Å². The van der Waals surface area contributed by atoms with Crippen LogP contribution in [0.1, 0.15) is 31.2 Å². The highest BCUT2D eigenvalue weighted by molar-refractivity contribution is 9.10. The summed E-state index contributed by atoms with van der Waals surface area (Å²) in [5.41, 5.74) is 1.83. The van der Waals surface area contributed by atoms with E-state index in [2.05, 4.69) is 26.6 Å². The maximum Gasteiger partial charge on any atom is 0.319 e. The topological polar surface area (TPSA) is 61.4 Å². The molecule has 0 radical (unpaired) electrons. The normalized spacial score (nSPS) is 22.9. The quantitative estimate of drug-likeness (QED) is 0.781. The summed E-state index contributed by atoms with van der Waals surface area (Å²) in [6, 6.07) is 5.74. The predicted molar refractivity (Wildman–Crippen MR) is 79.3 cm³/mol. The molecule has 1 aromatic carbocycles. The molecule has 1 aliphatic carbocycles. The Balaban J connectivity index is 1.87. The second-order valence-electron chi connectivity index (χ2n) is 5.06. The highest BCUT2D eigenvalue weighted by Crippen LogP contribution is 2.21. The average molecular weight is 327 g/mol. The predicted octanol–water partition coefficient (Wildman–Crippen LogP) is 3.18. The Hall–Kier alpha value is -1.07. The highest BCUT2D eigenvalue weighted by atomic mass is 79.9. The van der Waals surface area contributed by atoms with Gasteiger partial charge in [-0.3, -0.25) is 0 Å². The van der Waals surface area contributed by atoms with Gasteiger partial charge in [-0.25, -0.2) is 4.79 Å². The number of anilines is 1. The van der Waals surface area contributed by atoms with Crippen LogP contribution in [0.5, 0.6) is 0 Å². The Morgan fingerprint density at radius 2 is 2.00 bits per heavy atom. The first-order chi connectivity index (χ1) is 9.04. The van der Waals surface area contributed by atoms with E-state index in [-0.39, 0.29) is 18.2 Å². The maximum atomic E-state index is 11.9. The molecular formula is C14H19BrN2O2. The van der Waals surface area contributed by atoms with Crippen LogP contribution in [0.2, 0.25) is 0 Å². The third-order valence-electron chi connectivity index (χ3n) is 3.47. The average Bonchev–Trinajstić information content (AvgIpc) is 2.36. The molecule has 0 bridgehead atoms. The second-order valence-corrected chi connectivity index (χ2v) is 5.98. The van der Waals surface area contributed by atoms with E-state index >= 15 is 0 Å². The molecule has 1 fully saturated rings. The number of carbonyl (C=O) groups is 1. The van der Waals surface area contributed by atoms with Gasteiger partial charge in [0, 0.05) is 16.2 Å². The van der Waals surface area contributed by atoms with Crippen LogP contribution in [0.4, 0.5) is 10.5 Å². The van der Waals surface area contributed by atoms with Gasteiger partial charge in [0.2, 0.25) is 0 Å². The number of aliphatic hydroxyl groups is 1. The summed E-state index contributed by atoms with van der Waals surface area (Å²) in [6.45, 7) is 1.96. The van der Waals surface area contributed by atoms with Crippen LogP contribution in [-0.2, 0) is 0 Å². The first kappa shape index (κ1) is 14.3. The Bertz CT molecular complexity index is 457.